The van der Waals surface area contributed by atoms with E-state index in [1.54, 1.807) is 6.92 Å². The molecule has 3 aromatic carbocycles. The molecule has 0 fully saturated rings. The van der Waals surface area contributed by atoms with Crippen molar-refractivity contribution in [2.24, 2.45) is 0 Å². The second kappa shape index (κ2) is 10.5. The number of rotatable bonds is 3. The van der Waals surface area contributed by atoms with Crippen LogP contribution in [0.15, 0.2) is 84.9 Å². The third-order valence-corrected chi connectivity index (χ3v) is 4.37. The van der Waals surface area contributed by atoms with Crippen LogP contribution in [0.1, 0.15) is 5.56 Å². The van der Waals surface area contributed by atoms with Crippen LogP contribution in [0, 0.1) is 6.92 Å². The lowest BCUT2D eigenvalue weighted by atomic mass is 10.1. The van der Waals surface area contributed by atoms with Gasteiger partial charge >= 0.3 is 15.6 Å². The minimum Gasteiger partial charge on any atom is -0.376 e. The van der Waals surface area contributed by atoms with E-state index >= 15 is 0 Å². The van der Waals surface area contributed by atoms with Crippen LogP contribution >= 0.6 is 24.0 Å². The summed E-state index contributed by atoms with van der Waals surface area (Å²) in [6.07, 6.45) is 0. The predicted molar refractivity (Wildman–Crippen MR) is 114 cm³/mol. The van der Waals surface area contributed by atoms with Gasteiger partial charge in [0, 0.05) is 0 Å². The molecule has 0 atom stereocenters. The summed E-state index contributed by atoms with van der Waals surface area (Å²) in [6, 6.07) is 26.0. The van der Waals surface area contributed by atoms with Crippen molar-refractivity contribution >= 4 is 34.1 Å². The van der Waals surface area contributed by atoms with Crippen molar-refractivity contribution in [3.05, 3.63) is 90.5 Å². The van der Waals surface area contributed by atoms with Crippen molar-refractivity contribution in [2.75, 3.05) is 0 Å². The Morgan fingerprint density at radius 2 is 1.11 bits per heavy atom. The fraction of sp³-hybridized carbons (Fsp3) is 0.100. The van der Waals surface area contributed by atoms with Gasteiger partial charge in [0.2, 0.25) is 0 Å². The van der Waals surface area contributed by atoms with Gasteiger partial charge in [0.1, 0.15) is 5.75 Å². The molecule has 0 aliphatic rings. The van der Waals surface area contributed by atoms with Crippen molar-refractivity contribution in [3.63, 3.8) is 0 Å². The van der Waals surface area contributed by atoms with E-state index in [0.717, 1.165) is 17.7 Å². The zero-order valence-corrected chi connectivity index (χ0v) is 17.9. The SMILES string of the molecule is Cc1ccc(OS(=O)(=O)C(F)(F)F)cc1.I.c1ccc(-c2ccccc2)cc1. The maximum atomic E-state index is 11.9. The molecule has 0 amide bonds. The molecular weight excluding hydrogens is 504 g/mol. The molecule has 0 radical (unpaired) electrons. The van der Waals surface area contributed by atoms with Crippen LogP contribution in [0.5, 0.6) is 5.75 Å². The summed E-state index contributed by atoms with van der Waals surface area (Å²) in [5.74, 6) is -0.363. The molecule has 0 aromatic heterocycles. The number of benzene rings is 3. The number of hydrogen-bond donors (Lipinski definition) is 0. The van der Waals surface area contributed by atoms with E-state index in [9.17, 15) is 21.6 Å². The third-order valence-electron chi connectivity index (χ3n) is 3.39. The third kappa shape index (κ3) is 7.16. The summed E-state index contributed by atoms with van der Waals surface area (Å²) in [4.78, 5) is 0. The molecule has 28 heavy (non-hydrogen) atoms. The normalized spacial score (nSPS) is 10.9. The molecule has 0 unspecified atom stereocenters. The van der Waals surface area contributed by atoms with E-state index in [4.69, 9.17) is 0 Å². The summed E-state index contributed by atoms with van der Waals surface area (Å²) in [7, 11) is -5.56. The Balaban J connectivity index is 0.000000275. The van der Waals surface area contributed by atoms with Gasteiger partial charge in [-0.3, -0.25) is 0 Å². The summed E-state index contributed by atoms with van der Waals surface area (Å²) in [6.45, 7) is 1.71. The Morgan fingerprint density at radius 1 is 0.714 bits per heavy atom. The smallest absolute Gasteiger partial charge is 0.376 e. The minimum atomic E-state index is -5.56. The molecule has 0 aliphatic carbocycles. The van der Waals surface area contributed by atoms with Gasteiger partial charge in [0.05, 0.1) is 0 Å². The van der Waals surface area contributed by atoms with E-state index in [2.05, 4.69) is 52.7 Å². The lowest BCUT2D eigenvalue weighted by Crippen LogP contribution is -2.28. The number of aryl methyl sites for hydroxylation is 1. The van der Waals surface area contributed by atoms with Gasteiger partial charge in [-0.1, -0.05) is 78.4 Å². The summed E-state index contributed by atoms with van der Waals surface area (Å²) >= 11 is 0. The predicted octanol–water partition coefficient (Wildman–Crippen LogP) is 6.20. The highest BCUT2D eigenvalue weighted by Gasteiger charge is 2.48. The van der Waals surface area contributed by atoms with Crippen LogP contribution < -0.4 is 4.18 Å². The summed E-state index contributed by atoms with van der Waals surface area (Å²) < 4.78 is 60.6. The Bertz CT molecular complexity index is 906. The van der Waals surface area contributed by atoms with Crippen LogP contribution in [0.3, 0.4) is 0 Å². The van der Waals surface area contributed by atoms with E-state index < -0.39 is 15.6 Å². The standard InChI is InChI=1S/C12H10.C8H7F3O3S.HI/c1-3-7-11(8-4-1)12-9-5-2-6-10-12;1-6-2-4-7(5-3-6)14-15(12,13)8(9,10)11;/h1-10H;2-5H,1H3;1H. The Hall–Kier alpha value is -2.07. The number of alkyl halides is 3. The monoisotopic (exact) mass is 522 g/mol. The Labute approximate surface area is 179 Å². The van der Waals surface area contributed by atoms with Crippen LogP contribution in [0.2, 0.25) is 0 Å². The molecule has 0 heterocycles. The largest absolute Gasteiger partial charge is 0.534 e. The van der Waals surface area contributed by atoms with Crippen LogP contribution in [-0.4, -0.2) is 13.9 Å². The highest BCUT2D eigenvalue weighted by atomic mass is 127. The minimum absolute atomic E-state index is 0. The van der Waals surface area contributed by atoms with Crippen molar-refractivity contribution < 1.29 is 25.8 Å². The zero-order chi connectivity index (χ0) is 19.9. The van der Waals surface area contributed by atoms with Crippen molar-refractivity contribution in [1.29, 1.82) is 0 Å². The van der Waals surface area contributed by atoms with E-state index in [0.29, 0.717) is 0 Å². The fourth-order valence-electron chi connectivity index (χ4n) is 2.03. The average molecular weight is 522 g/mol. The van der Waals surface area contributed by atoms with Crippen molar-refractivity contribution in [3.8, 4) is 16.9 Å². The topological polar surface area (TPSA) is 43.4 Å². The zero-order valence-electron chi connectivity index (χ0n) is 14.8. The molecule has 150 valence electrons. The van der Waals surface area contributed by atoms with Crippen LogP contribution in [0.4, 0.5) is 13.2 Å². The molecule has 3 aromatic rings. The van der Waals surface area contributed by atoms with Crippen LogP contribution in [0.25, 0.3) is 11.1 Å². The van der Waals surface area contributed by atoms with Crippen molar-refractivity contribution in [2.45, 2.75) is 12.4 Å². The van der Waals surface area contributed by atoms with Gasteiger partial charge in [0.15, 0.2) is 0 Å². The van der Waals surface area contributed by atoms with Crippen LogP contribution in [-0.2, 0) is 10.1 Å². The molecule has 0 N–H and O–H groups in total. The molecule has 0 aliphatic heterocycles. The maximum absolute atomic E-state index is 11.9. The highest BCUT2D eigenvalue weighted by molar-refractivity contribution is 14.0. The lowest BCUT2D eigenvalue weighted by molar-refractivity contribution is -0.0500. The van der Waals surface area contributed by atoms with Gasteiger partial charge in [-0.25, -0.2) is 0 Å². The second-order valence-corrected chi connectivity index (χ2v) is 7.07. The molecule has 0 saturated heterocycles. The first kappa shape index (κ1) is 24.0. The number of hydrogen-bond acceptors (Lipinski definition) is 3. The summed E-state index contributed by atoms with van der Waals surface area (Å²) in [5, 5.41) is 0. The first-order chi connectivity index (χ1) is 12.7. The quantitative estimate of drug-likeness (QED) is 0.234. The molecule has 8 heteroatoms. The van der Waals surface area contributed by atoms with Gasteiger partial charge in [-0.15, -0.1) is 24.0 Å². The molecule has 3 nitrogen and oxygen atoms in total. The highest BCUT2D eigenvalue weighted by Crippen LogP contribution is 2.26. The lowest BCUT2D eigenvalue weighted by Gasteiger charge is -2.09. The van der Waals surface area contributed by atoms with E-state index in [1.807, 2.05) is 12.1 Å². The molecule has 0 bridgehead atoms. The molecule has 0 saturated carbocycles. The molecule has 0 spiro atoms. The van der Waals surface area contributed by atoms with Gasteiger partial charge in [-0.2, -0.15) is 21.6 Å². The van der Waals surface area contributed by atoms with E-state index in [1.165, 1.54) is 23.3 Å². The fourth-order valence-corrected chi connectivity index (χ4v) is 2.49. The average Bonchev–Trinajstić information content (AvgIpc) is 2.65. The molecule has 3 rings (SSSR count). The van der Waals surface area contributed by atoms with Gasteiger partial charge in [-0.05, 0) is 30.2 Å². The Kier molecular flexibility index (Phi) is 8.96. The number of halogens is 4. The Morgan fingerprint density at radius 3 is 1.46 bits per heavy atom. The van der Waals surface area contributed by atoms with E-state index in [-0.39, 0.29) is 29.7 Å². The second-order valence-electron chi connectivity index (χ2n) is 5.53. The first-order valence-corrected chi connectivity index (χ1v) is 9.28. The van der Waals surface area contributed by atoms with Crippen molar-refractivity contribution in [1.82, 2.24) is 0 Å². The first-order valence-electron chi connectivity index (χ1n) is 7.87. The van der Waals surface area contributed by atoms with Gasteiger partial charge in [0.25, 0.3) is 0 Å². The maximum Gasteiger partial charge on any atom is 0.534 e. The summed E-state index contributed by atoms with van der Waals surface area (Å²) in [5.41, 5.74) is -2.07. The van der Waals surface area contributed by atoms with Gasteiger partial charge < -0.3 is 4.18 Å². The molecular formula is C20H18F3IO3S.